The molecule has 1 unspecified atom stereocenters. The summed E-state index contributed by atoms with van der Waals surface area (Å²) in [6.45, 7) is 7.54. The molecule has 2 aromatic rings. The fourth-order valence-electron chi connectivity index (χ4n) is 4.99. The number of para-hydroxylation sites is 1. The molecule has 1 atom stereocenters. The number of carbonyl (C=O) groups excluding carboxylic acids is 2. The number of aliphatic imine (C=N–C) groups is 1. The molecule has 3 heterocycles. The third-order valence-corrected chi connectivity index (χ3v) is 7.87. The molecule has 1 N–H and O–H groups in total. The number of fused-ring (bicyclic) bond motifs is 2. The second-order valence-electron chi connectivity index (χ2n) is 9.25. The Morgan fingerprint density at radius 1 is 1.15 bits per heavy atom. The molecule has 0 fully saturated rings. The predicted octanol–water partition coefficient (Wildman–Crippen LogP) is 4.57. The molecule has 0 aliphatic carbocycles. The number of allylic oxidation sites excluding steroid dienone is 1. The van der Waals surface area contributed by atoms with E-state index in [1.807, 2.05) is 73.5 Å². The molecule has 9 nitrogen and oxygen atoms in total. The molecule has 10 heteroatoms. The highest BCUT2D eigenvalue weighted by atomic mass is 32.2. The van der Waals surface area contributed by atoms with Crippen LogP contribution < -0.4 is 19.5 Å². The lowest BCUT2D eigenvalue weighted by Crippen LogP contribution is -2.42. The average molecular weight is 549 g/mol. The Hall–Kier alpha value is -3.92. The maximum absolute atomic E-state index is 13.8. The summed E-state index contributed by atoms with van der Waals surface area (Å²) in [5, 5.41) is 5.68. The zero-order chi connectivity index (χ0) is 27.5. The fourth-order valence-corrected chi connectivity index (χ4v) is 5.95. The van der Waals surface area contributed by atoms with Gasteiger partial charge in [-0.3, -0.25) is 9.59 Å². The molecule has 2 amide bonds. The number of benzene rings is 2. The van der Waals surface area contributed by atoms with E-state index in [4.69, 9.17) is 19.2 Å². The molecule has 0 bridgehead atoms. The molecule has 3 aliphatic heterocycles. The highest BCUT2D eigenvalue weighted by Crippen LogP contribution is 2.47. The van der Waals surface area contributed by atoms with Crippen molar-refractivity contribution >= 4 is 28.7 Å². The van der Waals surface area contributed by atoms with Crippen LogP contribution in [0.3, 0.4) is 0 Å². The maximum Gasteiger partial charge on any atom is 0.254 e. The largest absolute Gasteiger partial charge is 0.496 e. The van der Waals surface area contributed by atoms with Gasteiger partial charge in [0.05, 0.1) is 30.8 Å². The molecule has 0 saturated carbocycles. The zero-order valence-electron chi connectivity index (χ0n) is 22.5. The highest BCUT2D eigenvalue weighted by Gasteiger charge is 2.42. The molecule has 0 saturated heterocycles. The van der Waals surface area contributed by atoms with E-state index in [-0.39, 0.29) is 25.0 Å². The van der Waals surface area contributed by atoms with Gasteiger partial charge in [0.25, 0.3) is 5.91 Å². The first-order chi connectivity index (χ1) is 18.9. The Bertz CT molecular complexity index is 1380. The first kappa shape index (κ1) is 26.7. The summed E-state index contributed by atoms with van der Waals surface area (Å²) in [4.78, 5) is 35.6. The Kier molecular flexibility index (Phi) is 7.83. The van der Waals surface area contributed by atoms with Gasteiger partial charge in [0.2, 0.25) is 12.7 Å². The Morgan fingerprint density at radius 3 is 2.69 bits per heavy atom. The van der Waals surface area contributed by atoms with Crippen molar-refractivity contribution in [2.24, 2.45) is 4.99 Å². The van der Waals surface area contributed by atoms with Crippen LogP contribution in [0.4, 0.5) is 0 Å². The van der Waals surface area contributed by atoms with Gasteiger partial charge in [-0.25, -0.2) is 4.99 Å². The fraction of sp³-hybridized carbons (Fsp3) is 0.345. The third kappa shape index (κ3) is 5.21. The second kappa shape index (κ2) is 11.4. The van der Waals surface area contributed by atoms with Crippen LogP contribution in [0, 0.1) is 0 Å². The van der Waals surface area contributed by atoms with Crippen LogP contribution in [0.1, 0.15) is 44.4 Å². The monoisotopic (exact) mass is 548 g/mol. The van der Waals surface area contributed by atoms with Crippen LogP contribution in [-0.2, 0) is 16.1 Å². The number of nitrogens with zero attached hydrogens (tertiary/aromatic N) is 3. The van der Waals surface area contributed by atoms with Gasteiger partial charge in [0.15, 0.2) is 16.7 Å². The Balaban J connectivity index is 1.42. The summed E-state index contributed by atoms with van der Waals surface area (Å²) < 4.78 is 16.5. The lowest BCUT2D eigenvalue weighted by Gasteiger charge is -2.38. The van der Waals surface area contributed by atoms with Gasteiger partial charge in [-0.05, 0) is 49.9 Å². The van der Waals surface area contributed by atoms with E-state index in [9.17, 15) is 9.59 Å². The number of methoxy groups -OCH3 is 1. The van der Waals surface area contributed by atoms with Crippen LogP contribution in [0.25, 0.3) is 0 Å². The van der Waals surface area contributed by atoms with E-state index >= 15 is 0 Å². The van der Waals surface area contributed by atoms with Crippen molar-refractivity contribution in [3.05, 3.63) is 76.0 Å². The molecule has 3 aliphatic rings. The van der Waals surface area contributed by atoms with Crippen molar-refractivity contribution in [3.63, 3.8) is 0 Å². The van der Waals surface area contributed by atoms with Gasteiger partial charge in [-0.1, -0.05) is 36.0 Å². The lowest BCUT2D eigenvalue weighted by atomic mass is 9.92. The zero-order valence-corrected chi connectivity index (χ0v) is 23.3. The van der Waals surface area contributed by atoms with Crippen LogP contribution in [-0.4, -0.2) is 53.8 Å². The minimum Gasteiger partial charge on any atom is -0.496 e. The number of amidine groups is 1. The smallest absolute Gasteiger partial charge is 0.254 e. The van der Waals surface area contributed by atoms with E-state index in [0.717, 1.165) is 22.0 Å². The normalized spacial score (nSPS) is 17.4. The summed E-state index contributed by atoms with van der Waals surface area (Å²) in [6, 6.07) is 12.8. The number of thioether (sulfide) groups is 1. The number of rotatable bonds is 9. The molecule has 0 radical (unpaired) electrons. The van der Waals surface area contributed by atoms with Crippen LogP contribution in [0.15, 0.2) is 69.8 Å². The van der Waals surface area contributed by atoms with Crippen LogP contribution >= 0.6 is 11.8 Å². The number of hydrogen-bond donors (Lipinski definition) is 1. The Labute approximate surface area is 232 Å². The molecule has 0 aromatic heterocycles. The summed E-state index contributed by atoms with van der Waals surface area (Å²) in [6.07, 6.45) is 0.133. The van der Waals surface area contributed by atoms with Crippen molar-refractivity contribution in [3.8, 4) is 17.2 Å². The predicted molar refractivity (Wildman–Crippen MR) is 150 cm³/mol. The van der Waals surface area contributed by atoms with Crippen molar-refractivity contribution in [2.45, 2.75) is 39.8 Å². The van der Waals surface area contributed by atoms with Gasteiger partial charge >= 0.3 is 0 Å². The van der Waals surface area contributed by atoms with Crippen LogP contribution in [0.2, 0.25) is 0 Å². The third-order valence-electron chi connectivity index (χ3n) is 6.98. The van der Waals surface area contributed by atoms with Crippen molar-refractivity contribution in [2.75, 3.05) is 27.0 Å². The van der Waals surface area contributed by atoms with E-state index in [2.05, 4.69) is 5.32 Å². The molecular weight excluding hydrogens is 516 g/mol. The van der Waals surface area contributed by atoms with Crippen LogP contribution in [0.5, 0.6) is 17.2 Å². The molecule has 0 spiro atoms. The number of amides is 2. The van der Waals surface area contributed by atoms with Gasteiger partial charge in [-0.15, -0.1) is 0 Å². The molecule has 2 aromatic carbocycles. The van der Waals surface area contributed by atoms with Crippen molar-refractivity contribution in [1.29, 1.82) is 0 Å². The quantitative estimate of drug-likeness (QED) is 0.491. The summed E-state index contributed by atoms with van der Waals surface area (Å²) >= 11 is 1.46. The molecule has 5 rings (SSSR count). The van der Waals surface area contributed by atoms with Crippen molar-refractivity contribution < 1.29 is 23.8 Å². The maximum atomic E-state index is 13.8. The van der Waals surface area contributed by atoms with Gasteiger partial charge in [0, 0.05) is 30.9 Å². The lowest BCUT2D eigenvalue weighted by molar-refractivity contribution is -0.127. The van der Waals surface area contributed by atoms with E-state index in [0.29, 0.717) is 48.2 Å². The first-order valence-electron chi connectivity index (χ1n) is 13.0. The molecular formula is C29H32N4O5S. The highest BCUT2D eigenvalue weighted by molar-refractivity contribution is 8.16. The van der Waals surface area contributed by atoms with E-state index in [1.54, 1.807) is 12.0 Å². The van der Waals surface area contributed by atoms with E-state index in [1.165, 1.54) is 11.8 Å². The average Bonchev–Trinajstić information content (AvgIpc) is 3.58. The minimum absolute atomic E-state index is 0.0697. The first-order valence-corrected chi connectivity index (χ1v) is 13.8. The number of likely N-dealkylation sites (N-methyl/N-ethyl adjacent to an activating group) is 1. The van der Waals surface area contributed by atoms with Gasteiger partial charge in [0.1, 0.15) is 5.75 Å². The standard InChI is InChI=1S/C29H32N4O5S/c1-5-32(6-2)28(35)26-18(3)31-29-33(27(26)21-9-7-8-10-22(21)36-4)20(16-39-29)14-25(34)30-15-19-11-12-23-24(13-19)38-17-37-23/h7-13,16,27H,5-6,14-15,17H2,1-4H3,(H,30,34). The minimum atomic E-state index is -0.482. The summed E-state index contributed by atoms with van der Waals surface area (Å²) in [5.41, 5.74) is 3.79. The Morgan fingerprint density at radius 2 is 1.92 bits per heavy atom. The number of ether oxygens (including phenoxy) is 3. The number of hydrogen-bond acceptors (Lipinski definition) is 8. The topological polar surface area (TPSA) is 92.7 Å². The number of nitrogens with one attached hydrogen (secondary N) is 1. The van der Waals surface area contributed by atoms with Gasteiger partial charge < -0.3 is 29.3 Å². The van der Waals surface area contributed by atoms with E-state index < -0.39 is 6.04 Å². The van der Waals surface area contributed by atoms with Gasteiger partial charge in [-0.2, -0.15) is 0 Å². The number of carbonyl (C=O) groups is 2. The molecule has 204 valence electrons. The second-order valence-corrected chi connectivity index (χ2v) is 10.1. The summed E-state index contributed by atoms with van der Waals surface area (Å²) in [5.74, 6) is 1.85. The molecule has 39 heavy (non-hydrogen) atoms. The SMILES string of the molecule is CCN(CC)C(=O)C1=C(C)N=C2SC=C(CC(=O)NCc3ccc4c(c3)OCO4)N2C1c1ccccc1OC. The summed E-state index contributed by atoms with van der Waals surface area (Å²) in [7, 11) is 1.62. The van der Waals surface area contributed by atoms with Crippen molar-refractivity contribution in [1.82, 2.24) is 15.1 Å².